The van der Waals surface area contributed by atoms with E-state index in [0.717, 1.165) is 25.9 Å². The molecule has 1 N–H and O–H groups in total. The normalized spacial score (nSPS) is 15.1. The molecule has 0 radical (unpaired) electrons. The maximum absolute atomic E-state index is 12.6. The van der Waals surface area contributed by atoms with Gasteiger partial charge in [-0.1, -0.05) is 92.1 Å². The van der Waals surface area contributed by atoms with E-state index in [0.29, 0.717) is 11.5 Å². The Morgan fingerprint density at radius 2 is 1.62 bits per heavy atom. The van der Waals surface area contributed by atoms with Crippen LogP contribution in [0.15, 0.2) is 103 Å². The number of piperidine rings is 1. The van der Waals surface area contributed by atoms with Crippen LogP contribution in [-0.2, 0) is 0 Å². The summed E-state index contributed by atoms with van der Waals surface area (Å²) in [5.74, 6) is 0.239. The molecule has 0 spiro atoms. The average molecular weight is 465 g/mol. The van der Waals surface area contributed by atoms with Gasteiger partial charge in [0.15, 0.2) is 0 Å². The summed E-state index contributed by atoms with van der Waals surface area (Å²) >= 11 is 0. The van der Waals surface area contributed by atoms with Crippen molar-refractivity contribution in [3.63, 3.8) is 0 Å². The Morgan fingerprint density at radius 1 is 1.00 bits per heavy atom. The summed E-state index contributed by atoms with van der Waals surface area (Å²) in [5.41, 5.74) is 6.22. The zero-order valence-corrected chi connectivity index (χ0v) is 20.7. The molecule has 0 saturated carbocycles. The smallest absolute Gasteiger partial charge is 0.130 e. The monoisotopic (exact) mass is 464 g/mol. The predicted octanol–water partition coefficient (Wildman–Crippen LogP) is 8.01. The van der Waals surface area contributed by atoms with Crippen molar-refractivity contribution < 1.29 is 8.78 Å². The third-order valence-corrected chi connectivity index (χ3v) is 5.39. The lowest BCUT2D eigenvalue weighted by Crippen LogP contribution is -2.41. The first-order valence-electron chi connectivity index (χ1n) is 11.6. The minimum absolute atomic E-state index is 0.151. The van der Waals surface area contributed by atoms with E-state index in [9.17, 15) is 8.78 Å². The van der Waals surface area contributed by atoms with E-state index in [1.807, 2.05) is 49.5 Å². The van der Waals surface area contributed by atoms with Gasteiger partial charge in [-0.2, -0.15) is 0 Å². The molecule has 1 aliphatic rings. The lowest BCUT2D eigenvalue weighted by Gasteiger charge is -2.31. The minimum atomic E-state index is -0.215. The molecule has 2 aromatic carbocycles. The molecule has 2 nitrogen and oxygen atoms in total. The topological polar surface area (TPSA) is 15.3 Å². The molecule has 0 atom stereocenters. The molecule has 0 aromatic heterocycles. The highest BCUT2D eigenvalue weighted by Gasteiger charge is 2.19. The van der Waals surface area contributed by atoms with E-state index in [2.05, 4.69) is 36.6 Å². The Labute approximate surface area is 204 Å². The zero-order valence-electron chi connectivity index (χ0n) is 20.7. The van der Waals surface area contributed by atoms with Gasteiger partial charge in [0.2, 0.25) is 0 Å². The van der Waals surface area contributed by atoms with Crippen LogP contribution in [0.3, 0.4) is 0 Å². The predicted molar refractivity (Wildman–Crippen MR) is 144 cm³/mol. The summed E-state index contributed by atoms with van der Waals surface area (Å²) in [4.78, 5) is 0. The lowest BCUT2D eigenvalue weighted by atomic mass is 9.89. The molecule has 1 heterocycles. The van der Waals surface area contributed by atoms with E-state index >= 15 is 0 Å². The molecule has 1 aliphatic heterocycles. The number of halogens is 2. The third kappa shape index (κ3) is 11.7. The SMILES string of the molecule is C=Cc1ccccc1.C=Cc1ccccc1F.CC=C(/C=C\C=C(/C)F)C1CCN(NC)CC1. The Balaban J connectivity index is 0.000000284. The molecule has 182 valence electrons. The standard InChI is InChI=1S/C14H23FN2.C8H7F.C8H8/c1-4-13(7-5-6-12(2)15)14-8-10-17(16-3)11-9-14;1-2-7-5-3-4-6-8(7)9;1-2-8-6-4-3-5-7-8/h4-7,14,16H,8-11H2,1-3H3;2-6H,1H2;2-7H,1H2/b7-5-,12-6+,13-4?;;. The molecule has 0 amide bonds. The van der Waals surface area contributed by atoms with E-state index in [1.165, 1.54) is 36.3 Å². The van der Waals surface area contributed by atoms with Crippen molar-refractivity contribution in [1.29, 1.82) is 0 Å². The van der Waals surface area contributed by atoms with Gasteiger partial charge in [0.05, 0.1) is 5.83 Å². The van der Waals surface area contributed by atoms with Crippen LogP contribution in [-0.4, -0.2) is 25.1 Å². The van der Waals surface area contributed by atoms with Gasteiger partial charge in [-0.05, 0) is 62.9 Å². The maximum atomic E-state index is 12.6. The fraction of sp³-hybridized carbons (Fsp3) is 0.267. The van der Waals surface area contributed by atoms with Crippen LogP contribution in [0.25, 0.3) is 12.2 Å². The largest absolute Gasteiger partial charge is 0.258 e. The van der Waals surface area contributed by atoms with Gasteiger partial charge in [0.25, 0.3) is 0 Å². The van der Waals surface area contributed by atoms with Gasteiger partial charge in [-0.15, -0.1) is 0 Å². The van der Waals surface area contributed by atoms with Crippen molar-refractivity contribution in [2.45, 2.75) is 26.7 Å². The van der Waals surface area contributed by atoms with Crippen molar-refractivity contribution in [3.8, 4) is 0 Å². The summed E-state index contributed by atoms with van der Waals surface area (Å²) in [6.07, 6.45) is 13.1. The van der Waals surface area contributed by atoms with E-state index in [1.54, 1.807) is 24.3 Å². The summed E-state index contributed by atoms with van der Waals surface area (Å²) < 4.78 is 25.1. The summed E-state index contributed by atoms with van der Waals surface area (Å²) in [5, 5.41) is 2.24. The molecule has 2 aromatic rings. The molecular weight excluding hydrogens is 426 g/mol. The van der Waals surface area contributed by atoms with Gasteiger partial charge in [-0.25, -0.2) is 13.8 Å². The highest BCUT2D eigenvalue weighted by molar-refractivity contribution is 5.47. The molecule has 0 aliphatic carbocycles. The van der Waals surface area contributed by atoms with Crippen LogP contribution in [0.4, 0.5) is 8.78 Å². The second kappa shape index (κ2) is 17.4. The van der Waals surface area contributed by atoms with Crippen LogP contribution in [0.1, 0.15) is 37.8 Å². The first-order chi connectivity index (χ1) is 16.4. The third-order valence-electron chi connectivity index (χ3n) is 5.39. The Bertz CT molecular complexity index is 933. The van der Waals surface area contributed by atoms with E-state index in [4.69, 9.17) is 0 Å². The number of hydrogen-bond acceptors (Lipinski definition) is 2. The number of hydrazine groups is 1. The highest BCUT2D eigenvalue weighted by Crippen LogP contribution is 2.24. The average Bonchev–Trinajstić information content (AvgIpc) is 2.88. The van der Waals surface area contributed by atoms with Gasteiger partial charge in [0, 0.05) is 18.7 Å². The van der Waals surface area contributed by atoms with Crippen LogP contribution in [0.5, 0.6) is 0 Å². The first kappa shape index (κ1) is 29.0. The quantitative estimate of drug-likeness (QED) is 0.436. The van der Waals surface area contributed by atoms with E-state index in [-0.39, 0.29) is 11.6 Å². The second-order valence-electron chi connectivity index (χ2n) is 7.73. The number of nitrogens with zero attached hydrogens (tertiary/aromatic N) is 1. The number of allylic oxidation sites excluding steroid dienone is 6. The van der Waals surface area contributed by atoms with Crippen LogP contribution in [0.2, 0.25) is 0 Å². The van der Waals surface area contributed by atoms with Gasteiger partial charge in [0.1, 0.15) is 5.82 Å². The molecule has 1 fully saturated rings. The molecule has 34 heavy (non-hydrogen) atoms. The molecule has 4 heteroatoms. The maximum Gasteiger partial charge on any atom is 0.130 e. The Hall–Kier alpha value is -3.08. The van der Waals surface area contributed by atoms with Crippen molar-refractivity contribution in [2.24, 2.45) is 5.92 Å². The van der Waals surface area contributed by atoms with Gasteiger partial charge in [-0.3, -0.25) is 5.43 Å². The summed E-state index contributed by atoms with van der Waals surface area (Å²) in [6.45, 7) is 12.7. The Kier molecular flexibility index (Phi) is 14.8. The summed E-state index contributed by atoms with van der Waals surface area (Å²) in [7, 11) is 1.96. The number of benzene rings is 2. The van der Waals surface area contributed by atoms with Gasteiger partial charge < -0.3 is 0 Å². The van der Waals surface area contributed by atoms with Crippen LogP contribution < -0.4 is 5.43 Å². The second-order valence-corrected chi connectivity index (χ2v) is 7.73. The zero-order chi connectivity index (χ0) is 25.2. The molecule has 3 rings (SSSR count). The number of hydrogen-bond donors (Lipinski definition) is 1. The molecule has 1 saturated heterocycles. The van der Waals surface area contributed by atoms with E-state index < -0.39 is 0 Å². The van der Waals surface area contributed by atoms with Crippen LogP contribution >= 0.6 is 0 Å². The van der Waals surface area contributed by atoms with Crippen molar-refractivity contribution in [2.75, 3.05) is 20.1 Å². The van der Waals surface area contributed by atoms with Crippen molar-refractivity contribution in [3.05, 3.63) is 120 Å². The van der Waals surface area contributed by atoms with Gasteiger partial charge >= 0.3 is 0 Å². The highest BCUT2D eigenvalue weighted by atomic mass is 19.1. The number of nitrogens with one attached hydrogen (secondary N) is 1. The fourth-order valence-corrected chi connectivity index (χ4v) is 3.43. The molecule has 0 bridgehead atoms. The minimum Gasteiger partial charge on any atom is -0.258 e. The Morgan fingerprint density at radius 3 is 2.06 bits per heavy atom. The lowest BCUT2D eigenvalue weighted by molar-refractivity contribution is 0.149. The van der Waals surface area contributed by atoms with Crippen LogP contribution in [0, 0.1) is 11.7 Å². The number of rotatable bonds is 6. The first-order valence-corrected chi connectivity index (χ1v) is 11.6. The van der Waals surface area contributed by atoms with Crippen molar-refractivity contribution in [1.82, 2.24) is 10.4 Å². The molecule has 0 unspecified atom stereocenters. The molecular formula is C30H38F2N2. The fourth-order valence-electron chi connectivity index (χ4n) is 3.43. The van der Waals surface area contributed by atoms with Crippen molar-refractivity contribution >= 4 is 12.2 Å². The summed E-state index contributed by atoms with van der Waals surface area (Å²) in [6, 6.07) is 16.6.